The third-order valence-electron chi connectivity index (χ3n) is 2.69. The van der Waals surface area contributed by atoms with Gasteiger partial charge in [0, 0.05) is 18.6 Å². The van der Waals surface area contributed by atoms with E-state index in [4.69, 9.17) is 0 Å². The van der Waals surface area contributed by atoms with Crippen molar-refractivity contribution in [3.8, 4) is 0 Å². The molecule has 0 aromatic rings. The molecule has 0 aliphatic carbocycles. The van der Waals surface area contributed by atoms with Gasteiger partial charge in [-0.05, 0) is 27.4 Å². The topological polar surface area (TPSA) is 15.3 Å². The van der Waals surface area contributed by atoms with Gasteiger partial charge in [-0.1, -0.05) is 6.92 Å². The Kier molecular flexibility index (Phi) is 6.20. The molecule has 2 unspecified atom stereocenters. The standard InChI is InChI=1S/C10H21F3N2/c1-5-14-8(2)9(3)15(4)7-6-10(11,12)13/h8-9,14H,5-7H2,1-4H3. The van der Waals surface area contributed by atoms with E-state index in [2.05, 4.69) is 5.32 Å². The Balaban J connectivity index is 3.93. The zero-order valence-electron chi connectivity index (χ0n) is 9.86. The quantitative estimate of drug-likeness (QED) is 0.747. The van der Waals surface area contributed by atoms with Crippen molar-refractivity contribution in [1.29, 1.82) is 0 Å². The minimum absolute atomic E-state index is 0.0560. The van der Waals surface area contributed by atoms with Crippen LogP contribution in [0.5, 0.6) is 0 Å². The highest BCUT2D eigenvalue weighted by molar-refractivity contribution is 4.75. The molecule has 2 nitrogen and oxygen atoms in total. The van der Waals surface area contributed by atoms with Gasteiger partial charge in [-0.2, -0.15) is 13.2 Å². The van der Waals surface area contributed by atoms with Crippen molar-refractivity contribution in [2.24, 2.45) is 0 Å². The van der Waals surface area contributed by atoms with Crippen molar-refractivity contribution >= 4 is 0 Å². The summed E-state index contributed by atoms with van der Waals surface area (Å²) in [5.41, 5.74) is 0. The lowest BCUT2D eigenvalue weighted by molar-refractivity contribution is -0.138. The molecule has 15 heavy (non-hydrogen) atoms. The summed E-state index contributed by atoms with van der Waals surface area (Å²) in [4.78, 5) is 1.74. The predicted octanol–water partition coefficient (Wildman–Crippen LogP) is 2.26. The number of rotatable bonds is 6. The average molecular weight is 226 g/mol. The van der Waals surface area contributed by atoms with Crippen LogP contribution >= 0.6 is 0 Å². The highest BCUT2D eigenvalue weighted by Crippen LogP contribution is 2.20. The fourth-order valence-electron chi connectivity index (χ4n) is 1.38. The molecular formula is C10H21F3N2. The minimum Gasteiger partial charge on any atom is -0.313 e. The number of nitrogens with one attached hydrogen (secondary N) is 1. The fraction of sp³-hybridized carbons (Fsp3) is 1.00. The summed E-state index contributed by atoms with van der Waals surface area (Å²) in [7, 11) is 1.73. The van der Waals surface area contributed by atoms with E-state index in [1.54, 1.807) is 11.9 Å². The number of halogens is 3. The van der Waals surface area contributed by atoms with E-state index < -0.39 is 12.6 Å². The van der Waals surface area contributed by atoms with Crippen LogP contribution in [0.2, 0.25) is 0 Å². The second kappa shape index (κ2) is 6.33. The van der Waals surface area contributed by atoms with Crippen LogP contribution in [0.4, 0.5) is 13.2 Å². The van der Waals surface area contributed by atoms with Crippen LogP contribution in [0.3, 0.4) is 0 Å². The SMILES string of the molecule is CCNC(C)C(C)N(C)CCC(F)(F)F. The minimum atomic E-state index is -4.06. The highest BCUT2D eigenvalue weighted by Gasteiger charge is 2.28. The first-order valence-electron chi connectivity index (χ1n) is 5.28. The first-order valence-corrected chi connectivity index (χ1v) is 5.28. The molecule has 92 valence electrons. The number of likely N-dealkylation sites (N-methyl/N-ethyl adjacent to an activating group) is 2. The lowest BCUT2D eigenvalue weighted by Crippen LogP contribution is -2.46. The van der Waals surface area contributed by atoms with Crippen molar-refractivity contribution in [3.63, 3.8) is 0 Å². The van der Waals surface area contributed by atoms with Gasteiger partial charge in [0.1, 0.15) is 0 Å². The van der Waals surface area contributed by atoms with Gasteiger partial charge in [-0.3, -0.25) is 0 Å². The molecule has 0 aromatic heterocycles. The van der Waals surface area contributed by atoms with E-state index in [1.165, 1.54) is 0 Å². The van der Waals surface area contributed by atoms with Gasteiger partial charge in [-0.15, -0.1) is 0 Å². The Morgan fingerprint density at radius 1 is 1.27 bits per heavy atom. The molecule has 0 aliphatic rings. The zero-order chi connectivity index (χ0) is 12.1. The molecular weight excluding hydrogens is 205 g/mol. The van der Waals surface area contributed by atoms with Gasteiger partial charge in [0.05, 0.1) is 6.42 Å². The van der Waals surface area contributed by atoms with Crippen LogP contribution in [0.25, 0.3) is 0 Å². The molecule has 0 aromatic carbocycles. The van der Waals surface area contributed by atoms with Crippen LogP contribution < -0.4 is 5.32 Å². The van der Waals surface area contributed by atoms with Crippen LogP contribution in [-0.2, 0) is 0 Å². The van der Waals surface area contributed by atoms with E-state index in [0.717, 1.165) is 6.54 Å². The van der Waals surface area contributed by atoms with Crippen LogP contribution in [0, 0.1) is 0 Å². The van der Waals surface area contributed by atoms with Crippen LogP contribution in [0.1, 0.15) is 27.2 Å². The fourth-order valence-corrected chi connectivity index (χ4v) is 1.38. The average Bonchev–Trinajstić information content (AvgIpc) is 2.12. The Labute approximate surface area is 89.8 Å². The van der Waals surface area contributed by atoms with Gasteiger partial charge in [-0.25, -0.2) is 0 Å². The smallest absolute Gasteiger partial charge is 0.313 e. The van der Waals surface area contributed by atoms with Crippen molar-refractivity contribution in [2.75, 3.05) is 20.1 Å². The van der Waals surface area contributed by atoms with Crippen LogP contribution in [0.15, 0.2) is 0 Å². The van der Waals surface area contributed by atoms with Gasteiger partial charge in [0.15, 0.2) is 0 Å². The van der Waals surface area contributed by atoms with E-state index in [0.29, 0.717) is 0 Å². The lowest BCUT2D eigenvalue weighted by Gasteiger charge is -2.30. The Bertz CT molecular complexity index is 171. The summed E-state index contributed by atoms with van der Waals surface area (Å²) in [5, 5.41) is 3.20. The Morgan fingerprint density at radius 2 is 1.80 bits per heavy atom. The van der Waals surface area contributed by atoms with Crippen LogP contribution in [-0.4, -0.2) is 43.3 Å². The molecule has 0 heterocycles. The summed E-state index contributed by atoms with van der Waals surface area (Å²) in [6.07, 6.45) is -4.80. The first kappa shape index (κ1) is 14.7. The molecule has 0 aliphatic heterocycles. The van der Waals surface area contributed by atoms with E-state index in [-0.39, 0.29) is 18.6 Å². The summed E-state index contributed by atoms with van der Waals surface area (Å²) in [6.45, 7) is 6.79. The van der Waals surface area contributed by atoms with Crippen molar-refractivity contribution < 1.29 is 13.2 Å². The number of alkyl halides is 3. The maximum Gasteiger partial charge on any atom is 0.390 e. The summed E-state index contributed by atoms with van der Waals surface area (Å²) in [5.74, 6) is 0. The molecule has 0 rings (SSSR count). The normalized spacial score (nSPS) is 16.8. The molecule has 0 radical (unpaired) electrons. The molecule has 0 fully saturated rings. The van der Waals surface area contributed by atoms with Gasteiger partial charge < -0.3 is 10.2 Å². The number of nitrogens with zero attached hydrogens (tertiary/aromatic N) is 1. The molecule has 2 atom stereocenters. The Hall–Kier alpha value is -0.290. The number of hydrogen-bond acceptors (Lipinski definition) is 2. The van der Waals surface area contributed by atoms with Gasteiger partial charge in [0.25, 0.3) is 0 Å². The lowest BCUT2D eigenvalue weighted by atomic mass is 10.1. The van der Waals surface area contributed by atoms with Gasteiger partial charge in [0.2, 0.25) is 0 Å². The highest BCUT2D eigenvalue weighted by atomic mass is 19.4. The molecule has 0 amide bonds. The summed E-state index contributed by atoms with van der Waals surface area (Å²) >= 11 is 0. The molecule has 0 saturated carbocycles. The monoisotopic (exact) mass is 226 g/mol. The third kappa shape index (κ3) is 6.73. The molecule has 1 N–H and O–H groups in total. The maximum atomic E-state index is 12.0. The molecule has 0 bridgehead atoms. The van der Waals surface area contributed by atoms with E-state index in [1.807, 2.05) is 20.8 Å². The van der Waals surface area contributed by atoms with E-state index >= 15 is 0 Å². The van der Waals surface area contributed by atoms with Crippen molar-refractivity contribution in [1.82, 2.24) is 10.2 Å². The predicted molar refractivity (Wildman–Crippen MR) is 55.9 cm³/mol. The zero-order valence-corrected chi connectivity index (χ0v) is 9.86. The number of hydrogen-bond donors (Lipinski definition) is 1. The van der Waals surface area contributed by atoms with Crippen molar-refractivity contribution in [3.05, 3.63) is 0 Å². The summed E-state index contributed by atoms with van der Waals surface area (Å²) in [6, 6.07) is 0.306. The first-order chi connectivity index (χ1) is 6.78. The van der Waals surface area contributed by atoms with Gasteiger partial charge >= 0.3 is 6.18 Å². The summed E-state index contributed by atoms with van der Waals surface area (Å²) < 4.78 is 36.0. The second-order valence-electron chi connectivity index (χ2n) is 3.93. The molecule has 0 saturated heterocycles. The maximum absolute atomic E-state index is 12.0. The van der Waals surface area contributed by atoms with E-state index in [9.17, 15) is 13.2 Å². The second-order valence-corrected chi connectivity index (χ2v) is 3.93. The van der Waals surface area contributed by atoms with Crippen molar-refractivity contribution in [2.45, 2.75) is 45.5 Å². The third-order valence-corrected chi connectivity index (χ3v) is 2.69. The Morgan fingerprint density at radius 3 is 2.20 bits per heavy atom. The largest absolute Gasteiger partial charge is 0.390 e. The molecule has 0 spiro atoms. The molecule has 5 heteroatoms.